The second-order valence-corrected chi connectivity index (χ2v) is 9.86. The molecule has 1 fully saturated rings. The molecule has 2 atom stereocenters. The summed E-state index contributed by atoms with van der Waals surface area (Å²) in [6.07, 6.45) is 4.06. The Hall–Kier alpha value is -3.32. The lowest BCUT2D eigenvalue weighted by atomic mass is 9.89. The highest BCUT2D eigenvalue weighted by Crippen LogP contribution is 2.34. The first-order valence-corrected chi connectivity index (χ1v) is 13.1. The normalized spacial score (nSPS) is 16.0. The molecule has 0 saturated carbocycles. The van der Waals surface area contributed by atoms with Crippen LogP contribution in [-0.2, 0) is 20.9 Å². The summed E-state index contributed by atoms with van der Waals surface area (Å²) < 4.78 is 9.95. The first-order valence-electron chi connectivity index (χ1n) is 13.1. The highest BCUT2D eigenvalue weighted by atomic mass is 16.5. The van der Waals surface area contributed by atoms with Gasteiger partial charge in [-0.1, -0.05) is 62.4 Å². The number of nitrogens with zero attached hydrogens (tertiary/aromatic N) is 1. The van der Waals surface area contributed by atoms with E-state index in [1.807, 2.05) is 71.0 Å². The van der Waals surface area contributed by atoms with Gasteiger partial charge in [0.1, 0.15) is 12.2 Å². The molecule has 1 amide bonds. The number of carbonyl (C=O) groups is 2. The van der Waals surface area contributed by atoms with Crippen molar-refractivity contribution >= 4 is 23.5 Å². The summed E-state index contributed by atoms with van der Waals surface area (Å²) in [4.78, 5) is 27.7. The number of fused-ring (bicyclic) bond motifs is 1. The van der Waals surface area contributed by atoms with Crippen molar-refractivity contribution in [1.82, 2.24) is 15.2 Å². The smallest absolute Gasteiger partial charge is 0.407 e. The Morgan fingerprint density at radius 3 is 2.41 bits per heavy atom. The monoisotopic (exact) mass is 509 g/mol. The minimum Gasteiger partial charge on any atom is -0.462 e. The van der Waals surface area contributed by atoms with E-state index in [-0.39, 0.29) is 24.2 Å². The predicted octanol–water partition coefficient (Wildman–Crippen LogP) is 6.26. The molecule has 2 heterocycles. The SMILES string of the molecule is CC.CC(C)(C)OC=O.CN1CCCC1C(CNC(=O)OCc1ccccc1)c1c[nH]c2ccccc12. The summed E-state index contributed by atoms with van der Waals surface area (Å²) in [5.41, 5.74) is 3.07. The molecule has 2 unspecified atom stereocenters. The van der Waals surface area contributed by atoms with Crippen molar-refractivity contribution in [3.05, 3.63) is 71.9 Å². The van der Waals surface area contributed by atoms with Crippen LogP contribution in [0.2, 0.25) is 0 Å². The molecule has 1 saturated heterocycles. The van der Waals surface area contributed by atoms with E-state index in [1.165, 1.54) is 17.4 Å². The molecule has 0 aliphatic carbocycles. The molecular weight excluding hydrogens is 466 g/mol. The number of ether oxygens (including phenoxy) is 2. The number of likely N-dealkylation sites (N-methyl/N-ethyl adjacent to an activating group) is 1. The molecule has 1 aliphatic heterocycles. The number of hydrogen-bond donors (Lipinski definition) is 2. The zero-order valence-corrected chi connectivity index (χ0v) is 23.1. The summed E-state index contributed by atoms with van der Waals surface area (Å²) in [5.74, 6) is 0.216. The zero-order chi connectivity index (χ0) is 27.3. The lowest BCUT2D eigenvalue weighted by molar-refractivity contribution is -0.138. The van der Waals surface area contributed by atoms with E-state index in [9.17, 15) is 9.59 Å². The topological polar surface area (TPSA) is 83.7 Å². The van der Waals surface area contributed by atoms with Crippen LogP contribution in [0.3, 0.4) is 0 Å². The highest BCUT2D eigenvalue weighted by Gasteiger charge is 2.32. The molecule has 1 aromatic heterocycles. The lowest BCUT2D eigenvalue weighted by Crippen LogP contribution is -2.38. The Bertz CT molecular complexity index is 1080. The van der Waals surface area contributed by atoms with Crippen LogP contribution < -0.4 is 5.32 Å². The van der Waals surface area contributed by atoms with Gasteiger partial charge in [-0.3, -0.25) is 4.79 Å². The Balaban J connectivity index is 0.000000465. The third-order valence-electron chi connectivity index (χ3n) is 6.14. The quantitative estimate of drug-likeness (QED) is 0.368. The number of aromatic nitrogens is 1. The largest absolute Gasteiger partial charge is 0.462 e. The molecule has 2 N–H and O–H groups in total. The maximum Gasteiger partial charge on any atom is 0.407 e. The van der Waals surface area contributed by atoms with Gasteiger partial charge in [0.15, 0.2) is 0 Å². The molecule has 2 aromatic carbocycles. The number of H-pyrrole nitrogens is 1. The van der Waals surface area contributed by atoms with Crippen LogP contribution in [-0.4, -0.2) is 54.2 Å². The molecule has 1 aliphatic rings. The van der Waals surface area contributed by atoms with Gasteiger partial charge in [0, 0.05) is 35.6 Å². The maximum atomic E-state index is 12.3. The second kappa shape index (κ2) is 15.1. The fraction of sp³-hybridized carbons (Fsp3) is 0.467. The molecule has 0 spiro atoms. The number of rotatable bonds is 7. The van der Waals surface area contributed by atoms with Gasteiger partial charge in [-0.15, -0.1) is 0 Å². The standard InChI is InChI=1S/C23H27N3O2.C5H10O2.C2H6/c1-26-13-7-12-22(26)20(19-14-24-21-11-6-5-10-18(19)21)15-25-23(27)28-16-17-8-3-2-4-9-17;1-5(2,3)7-4-6;1-2/h2-6,8-11,14,20,22,24H,7,12-13,15-16H2,1H3,(H,25,27);4H,1-3H3;1-2H3. The second-order valence-electron chi connectivity index (χ2n) is 9.86. The van der Waals surface area contributed by atoms with Gasteiger partial charge in [0.25, 0.3) is 6.47 Å². The van der Waals surface area contributed by atoms with Crippen LogP contribution in [0.1, 0.15) is 64.5 Å². The number of carbonyl (C=O) groups excluding carboxylic acids is 2. The minimum absolute atomic E-state index is 0.216. The number of aromatic amines is 1. The van der Waals surface area contributed by atoms with Crippen molar-refractivity contribution in [2.45, 2.75) is 71.6 Å². The van der Waals surface area contributed by atoms with E-state index >= 15 is 0 Å². The number of amides is 1. The third kappa shape index (κ3) is 9.57. The Kier molecular flexibility index (Phi) is 12.2. The highest BCUT2D eigenvalue weighted by molar-refractivity contribution is 5.83. The van der Waals surface area contributed by atoms with Crippen molar-refractivity contribution in [2.24, 2.45) is 0 Å². The Labute approximate surface area is 221 Å². The van der Waals surface area contributed by atoms with Gasteiger partial charge in [0.2, 0.25) is 0 Å². The van der Waals surface area contributed by atoms with Crippen LogP contribution in [0.15, 0.2) is 60.8 Å². The van der Waals surface area contributed by atoms with E-state index in [0.29, 0.717) is 19.1 Å². The minimum atomic E-state index is -0.366. The number of alkyl carbamates (subject to hydrolysis) is 1. The number of para-hydroxylation sites is 1. The maximum absolute atomic E-state index is 12.3. The molecule has 0 radical (unpaired) electrons. The van der Waals surface area contributed by atoms with Crippen LogP contribution in [0, 0.1) is 0 Å². The van der Waals surface area contributed by atoms with Gasteiger partial charge in [-0.25, -0.2) is 4.79 Å². The van der Waals surface area contributed by atoms with E-state index in [1.54, 1.807) is 0 Å². The Morgan fingerprint density at radius 1 is 1.14 bits per heavy atom. The third-order valence-corrected chi connectivity index (χ3v) is 6.14. The van der Waals surface area contributed by atoms with Crippen LogP contribution in [0.5, 0.6) is 0 Å². The van der Waals surface area contributed by atoms with Crippen molar-refractivity contribution in [1.29, 1.82) is 0 Å². The number of benzene rings is 2. The van der Waals surface area contributed by atoms with Gasteiger partial charge in [-0.2, -0.15) is 0 Å². The van der Waals surface area contributed by atoms with Crippen molar-refractivity contribution in [3.8, 4) is 0 Å². The van der Waals surface area contributed by atoms with Crippen molar-refractivity contribution < 1.29 is 19.1 Å². The zero-order valence-electron chi connectivity index (χ0n) is 23.1. The van der Waals surface area contributed by atoms with Crippen molar-refractivity contribution in [2.75, 3.05) is 20.1 Å². The molecule has 7 heteroatoms. The first-order chi connectivity index (χ1) is 17.8. The fourth-order valence-corrected chi connectivity index (χ4v) is 4.41. The lowest BCUT2D eigenvalue weighted by Gasteiger charge is -2.29. The predicted molar refractivity (Wildman–Crippen MR) is 150 cm³/mol. The average Bonchev–Trinajstić information content (AvgIpc) is 3.51. The summed E-state index contributed by atoms with van der Waals surface area (Å²) in [5, 5.41) is 4.23. The van der Waals surface area contributed by atoms with Crippen LogP contribution in [0.25, 0.3) is 10.9 Å². The van der Waals surface area contributed by atoms with Crippen molar-refractivity contribution in [3.63, 3.8) is 0 Å². The van der Waals surface area contributed by atoms with Gasteiger partial charge in [-0.05, 0) is 64.4 Å². The summed E-state index contributed by atoms with van der Waals surface area (Å²) in [6.45, 7) is 11.9. The molecule has 4 rings (SSSR count). The number of nitrogens with one attached hydrogen (secondary N) is 2. The van der Waals surface area contributed by atoms with E-state index in [0.717, 1.165) is 24.0 Å². The van der Waals surface area contributed by atoms with Gasteiger partial charge >= 0.3 is 6.09 Å². The van der Waals surface area contributed by atoms with E-state index < -0.39 is 0 Å². The average molecular weight is 510 g/mol. The molecular formula is C30H43N3O4. The Morgan fingerprint density at radius 2 is 1.81 bits per heavy atom. The van der Waals surface area contributed by atoms with Crippen LogP contribution >= 0.6 is 0 Å². The van der Waals surface area contributed by atoms with Gasteiger partial charge in [0.05, 0.1) is 0 Å². The first kappa shape index (κ1) is 29.9. The molecule has 0 bridgehead atoms. The van der Waals surface area contributed by atoms with E-state index in [2.05, 4.69) is 51.4 Å². The van der Waals surface area contributed by atoms with Crippen LogP contribution in [0.4, 0.5) is 4.79 Å². The molecule has 3 aromatic rings. The molecule has 37 heavy (non-hydrogen) atoms. The molecule has 7 nitrogen and oxygen atoms in total. The fourth-order valence-electron chi connectivity index (χ4n) is 4.41. The summed E-state index contributed by atoms with van der Waals surface area (Å²) >= 11 is 0. The summed E-state index contributed by atoms with van der Waals surface area (Å²) in [7, 11) is 2.17. The number of hydrogen-bond acceptors (Lipinski definition) is 5. The molecule has 202 valence electrons. The number of likely N-dealkylation sites (tertiary alicyclic amines) is 1. The summed E-state index contributed by atoms with van der Waals surface area (Å²) in [6, 6.07) is 18.5. The van der Waals surface area contributed by atoms with E-state index in [4.69, 9.17) is 4.74 Å². The van der Waals surface area contributed by atoms with Gasteiger partial charge < -0.3 is 24.7 Å².